The summed E-state index contributed by atoms with van der Waals surface area (Å²) in [7, 11) is -3.81. The van der Waals surface area contributed by atoms with Gasteiger partial charge in [0.2, 0.25) is 10.0 Å². The largest absolute Gasteiger partial charge is 0.480 e. The number of hydrogen-bond acceptors (Lipinski definition) is 5. The molecule has 1 atom stereocenters. The van der Waals surface area contributed by atoms with Crippen LogP contribution in [0.5, 0.6) is 0 Å². The molecule has 0 aromatic heterocycles. The number of alkyl carbamates (subject to hydrolysis) is 1. The minimum atomic E-state index is -3.81. The van der Waals surface area contributed by atoms with E-state index in [2.05, 4.69) is 5.32 Å². The highest BCUT2D eigenvalue weighted by Gasteiger charge is 2.24. The zero-order chi connectivity index (χ0) is 17.8. The summed E-state index contributed by atoms with van der Waals surface area (Å²) >= 11 is 0. The number of carboxylic acids is 1. The average molecular weight is 344 g/mol. The second-order valence-electron chi connectivity index (χ2n) is 5.93. The SMILES string of the molecule is CC(C)(C)OC(=O)N[C@H](Cc1ccc(S(N)(=O)=O)cc1)C(=O)O. The maximum atomic E-state index is 11.7. The summed E-state index contributed by atoms with van der Waals surface area (Å²) in [5.41, 5.74) is -0.217. The molecule has 23 heavy (non-hydrogen) atoms. The zero-order valence-electron chi connectivity index (χ0n) is 13.1. The summed E-state index contributed by atoms with van der Waals surface area (Å²) in [4.78, 5) is 22.8. The topological polar surface area (TPSA) is 136 Å². The second-order valence-corrected chi connectivity index (χ2v) is 7.49. The normalized spacial score (nSPS) is 13.2. The van der Waals surface area contributed by atoms with Crippen molar-refractivity contribution >= 4 is 22.1 Å². The third-order valence-corrected chi connectivity index (χ3v) is 3.61. The lowest BCUT2D eigenvalue weighted by Crippen LogP contribution is -2.44. The monoisotopic (exact) mass is 344 g/mol. The number of aliphatic carboxylic acids is 1. The fraction of sp³-hybridized carbons (Fsp3) is 0.429. The van der Waals surface area contributed by atoms with Gasteiger partial charge < -0.3 is 15.2 Å². The molecule has 0 saturated carbocycles. The van der Waals surface area contributed by atoms with Crippen LogP contribution in [0.2, 0.25) is 0 Å². The van der Waals surface area contributed by atoms with Crippen LogP contribution in [0.4, 0.5) is 4.79 Å². The van der Waals surface area contributed by atoms with Crippen molar-refractivity contribution in [3.05, 3.63) is 29.8 Å². The lowest BCUT2D eigenvalue weighted by molar-refractivity contribution is -0.139. The first-order chi connectivity index (χ1) is 10.4. The lowest BCUT2D eigenvalue weighted by atomic mass is 10.1. The van der Waals surface area contributed by atoms with Crippen LogP contribution in [0.25, 0.3) is 0 Å². The predicted molar refractivity (Wildman–Crippen MR) is 82.3 cm³/mol. The smallest absolute Gasteiger partial charge is 0.408 e. The van der Waals surface area contributed by atoms with Gasteiger partial charge in [0.05, 0.1) is 4.90 Å². The number of carboxylic acid groups (broad SMARTS) is 1. The summed E-state index contributed by atoms with van der Waals surface area (Å²) in [6, 6.07) is 4.22. The molecule has 0 radical (unpaired) electrons. The molecule has 128 valence electrons. The Morgan fingerprint density at radius 3 is 2.17 bits per heavy atom. The quantitative estimate of drug-likeness (QED) is 0.724. The lowest BCUT2D eigenvalue weighted by Gasteiger charge is -2.22. The summed E-state index contributed by atoms with van der Waals surface area (Å²) in [6.07, 6.45) is -0.870. The van der Waals surface area contributed by atoms with Crippen molar-refractivity contribution in [1.82, 2.24) is 5.32 Å². The summed E-state index contributed by atoms with van der Waals surface area (Å²) in [5.74, 6) is -1.23. The van der Waals surface area contributed by atoms with Gasteiger partial charge in [-0.25, -0.2) is 23.1 Å². The Morgan fingerprint density at radius 2 is 1.78 bits per heavy atom. The number of hydrogen-bond donors (Lipinski definition) is 3. The molecule has 0 bridgehead atoms. The number of benzene rings is 1. The highest BCUT2D eigenvalue weighted by Crippen LogP contribution is 2.12. The first-order valence-corrected chi connectivity index (χ1v) is 8.27. The predicted octanol–water partition coefficient (Wildman–Crippen LogP) is 0.854. The first kappa shape index (κ1) is 18.9. The minimum Gasteiger partial charge on any atom is -0.480 e. The maximum Gasteiger partial charge on any atom is 0.408 e. The highest BCUT2D eigenvalue weighted by atomic mass is 32.2. The van der Waals surface area contributed by atoms with Crippen LogP contribution in [0.1, 0.15) is 26.3 Å². The molecule has 0 aliphatic carbocycles. The standard InChI is InChI=1S/C14H20N2O6S/c1-14(2,3)22-13(19)16-11(12(17)18)8-9-4-6-10(7-5-9)23(15,20)21/h4-7,11H,8H2,1-3H3,(H,16,19)(H,17,18)(H2,15,20,21)/t11-/m1/s1. The van der Waals surface area contributed by atoms with E-state index in [1.54, 1.807) is 20.8 Å². The Labute approximate surface area is 134 Å². The van der Waals surface area contributed by atoms with Crippen LogP contribution < -0.4 is 10.5 Å². The molecule has 0 heterocycles. The van der Waals surface area contributed by atoms with Crippen LogP contribution in [0, 0.1) is 0 Å². The summed E-state index contributed by atoms with van der Waals surface area (Å²) in [5, 5.41) is 16.4. The molecule has 1 rings (SSSR count). The number of ether oxygens (including phenoxy) is 1. The molecule has 1 aromatic rings. The maximum absolute atomic E-state index is 11.7. The number of primary sulfonamides is 1. The van der Waals surface area contributed by atoms with Crippen LogP contribution in [0.15, 0.2) is 29.2 Å². The molecular weight excluding hydrogens is 324 g/mol. The van der Waals surface area contributed by atoms with Crippen molar-refractivity contribution in [1.29, 1.82) is 0 Å². The highest BCUT2D eigenvalue weighted by molar-refractivity contribution is 7.89. The van der Waals surface area contributed by atoms with Crippen LogP contribution in [0.3, 0.4) is 0 Å². The van der Waals surface area contributed by atoms with Gasteiger partial charge in [0.25, 0.3) is 0 Å². The van der Waals surface area contributed by atoms with Crippen LogP contribution >= 0.6 is 0 Å². The van der Waals surface area contributed by atoms with E-state index >= 15 is 0 Å². The van der Waals surface area contributed by atoms with Gasteiger partial charge in [-0.15, -0.1) is 0 Å². The van der Waals surface area contributed by atoms with Gasteiger partial charge in [-0.05, 0) is 38.5 Å². The molecule has 8 nitrogen and oxygen atoms in total. The van der Waals surface area contributed by atoms with Crippen molar-refractivity contribution < 1.29 is 27.9 Å². The zero-order valence-corrected chi connectivity index (χ0v) is 13.9. The number of carbonyl (C=O) groups excluding carboxylic acids is 1. The van der Waals surface area contributed by atoms with Gasteiger partial charge >= 0.3 is 12.1 Å². The Hall–Kier alpha value is -2.13. The molecule has 1 aromatic carbocycles. The van der Waals surface area contributed by atoms with E-state index in [1.807, 2.05) is 0 Å². The molecule has 0 unspecified atom stereocenters. The minimum absolute atomic E-state index is 0.0283. The molecular formula is C14H20N2O6S. The van der Waals surface area contributed by atoms with Crippen molar-refractivity contribution in [3.8, 4) is 0 Å². The van der Waals surface area contributed by atoms with Crippen molar-refractivity contribution in [2.75, 3.05) is 0 Å². The van der Waals surface area contributed by atoms with Gasteiger partial charge in [-0.2, -0.15) is 0 Å². The number of sulfonamides is 1. The number of amides is 1. The molecule has 0 aliphatic heterocycles. The molecule has 0 spiro atoms. The third kappa shape index (κ3) is 6.66. The van der Waals surface area contributed by atoms with Gasteiger partial charge in [0, 0.05) is 6.42 Å². The van der Waals surface area contributed by atoms with E-state index in [-0.39, 0.29) is 11.3 Å². The van der Waals surface area contributed by atoms with Crippen LogP contribution in [-0.4, -0.2) is 37.2 Å². The van der Waals surface area contributed by atoms with E-state index in [0.29, 0.717) is 5.56 Å². The molecule has 0 fully saturated rings. The van der Waals surface area contributed by atoms with Gasteiger partial charge in [0.15, 0.2) is 0 Å². The number of nitrogens with two attached hydrogens (primary N) is 1. The summed E-state index contributed by atoms with van der Waals surface area (Å²) < 4.78 is 27.3. The second kappa shape index (κ2) is 6.97. The third-order valence-electron chi connectivity index (χ3n) is 2.68. The van der Waals surface area contributed by atoms with E-state index < -0.39 is 33.7 Å². The summed E-state index contributed by atoms with van der Waals surface area (Å²) in [6.45, 7) is 4.98. The molecule has 1 amide bonds. The van der Waals surface area contributed by atoms with Crippen molar-refractivity contribution in [2.24, 2.45) is 5.14 Å². The Balaban J connectivity index is 2.81. The van der Waals surface area contributed by atoms with E-state index in [9.17, 15) is 23.1 Å². The Kier molecular flexibility index (Phi) is 5.73. The molecule has 0 saturated heterocycles. The van der Waals surface area contributed by atoms with Crippen LogP contribution in [-0.2, 0) is 26.0 Å². The Morgan fingerprint density at radius 1 is 1.26 bits per heavy atom. The van der Waals surface area contributed by atoms with Crippen molar-refractivity contribution in [3.63, 3.8) is 0 Å². The first-order valence-electron chi connectivity index (χ1n) is 6.72. The average Bonchev–Trinajstić information content (AvgIpc) is 2.35. The van der Waals surface area contributed by atoms with Gasteiger partial charge in [-0.1, -0.05) is 12.1 Å². The molecule has 9 heteroatoms. The van der Waals surface area contributed by atoms with E-state index in [4.69, 9.17) is 9.88 Å². The number of carbonyl (C=O) groups is 2. The Bertz CT molecular complexity index is 676. The number of nitrogens with one attached hydrogen (secondary N) is 1. The van der Waals surface area contributed by atoms with Crippen molar-refractivity contribution in [2.45, 2.75) is 43.7 Å². The van der Waals surface area contributed by atoms with E-state index in [1.165, 1.54) is 24.3 Å². The fourth-order valence-electron chi connectivity index (χ4n) is 1.70. The number of rotatable bonds is 5. The molecule has 4 N–H and O–H groups in total. The fourth-order valence-corrected chi connectivity index (χ4v) is 2.22. The molecule has 0 aliphatic rings. The van der Waals surface area contributed by atoms with Gasteiger partial charge in [-0.3, -0.25) is 0 Å². The van der Waals surface area contributed by atoms with Gasteiger partial charge in [0.1, 0.15) is 11.6 Å². The van der Waals surface area contributed by atoms with E-state index in [0.717, 1.165) is 0 Å².